The number of ether oxygens (including phenoxy) is 1. The number of aromatic amines is 1. The van der Waals surface area contributed by atoms with Crippen molar-refractivity contribution in [2.75, 3.05) is 50.0 Å². The first kappa shape index (κ1) is 13.7. The molecule has 22 heavy (non-hydrogen) atoms. The number of nitrogens with zero attached hydrogens (tertiary/aromatic N) is 5. The number of rotatable bonds is 2. The number of hydrogen-bond donors (Lipinski definition) is 3. The molecule has 0 spiro atoms. The molecule has 2 aliphatic rings. The number of nitrogens with one attached hydrogen (secondary N) is 1. The quantitative estimate of drug-likeness (QED) is 0.634. The first-order chi connectivity index (χ1) is 10.7. The zero-order valence-electron chi connectivity index (χ0n) is 12.1. The first-order valence-corrected chi connectivity index (χ1v) is 7.44. The molecule has 4 N–H and O–H groups in total. The van der Waals surface area contributed by atoms with Crippen molar-refractivity contribution >= 4 is 22.9 Å². The van der Waals surface area contributed by atoms with Gasteiger partial charge in [0, 0.05) is 26.2 Å². The lowest BCUT2D eigenvalue weighted by atomic mass is 10.2. The number of anilines is 2. The molecule has 0 amide bonds. The summed E-state index contributed by atoms with van der Waals surface area (Å²) in [5.41, 5.74) is 7.07. The van der Waals surface area contributed by atoms with Crippen molar-refractivity contribution in [1.29, 1.82) is 0 Å². The van der Waals surface area contributed by atoms with Gasteiger partial charge >= 0.3 is 0 Å². The fraction of sp³-hybridized carbons (Fsp3) is 0.615. The number of aromatic nitrogens is 4. The van der Waals surface area contributed by atoms with E-state index in [0.717, 1.165) is 18.6 Å². The van der Waals surface area contributed by atoms with E-state index in [2.05, 4.69) is 24.8 Å². The van der Waals surface area contributed by atoms with E-state index in [4.69, 9.17) is 10.5 Å². The summed E-state index contributed by atoms with van der Waals surface area (Å²) in [6.07, 6.45) is 1.15. The maximum Gasteiger partial charge on any atom is 0.224 e. The SMILES string of the molecule is Nc1nc(N2C[C@H](O)[C@@H](N3CCOCC3)C2)c2[nH]cnc2n1. The molecule has 2 fully saturated rings. The summed E-state index contributed by atoms with van der Waals surface area (Å²) in [6, 6.07) is 0.0815. The number of nitrogen functional groups attached to an aromatic ring is 1. The van der Waals surface area contributed by atoms with Gasteiger partial charge in [0.2, 0.25) is 5.95 Å². The number of morpholine rings is 1. The monoisotopic (exact) mass is 305 g/mol. The standard InChI is InChI=1S/C13H19N7O2/c14-13-17-11-10(15-7-16-11)12(18-13)20-5-8(9(21)6-20)19-1-3-22-4-2-19/h7-9,21H,1-6H2,(H3,14,15,16,17,18)/t8-,9-/m0/s1. The Morgan fingerprint density at radius 3 is 2.91 bits per heavy atom. The van der Waals surface area contributed by atoms with E-state index in [9.17, 15) is 5.11 Å². The Bertz CT molecular complexity index is 669. The smallest absolute Gasteiger partial charge is 0.224 e. The van der Waals surface area contributed by atoms with Crippen LogP contribution in [0.2, 0.25) is 0 Å². The van der Waals surface area contributed by atoms with Gasteiger partial charge < -0.3 is 25.5 Å². The highest BCUT2D eigenvalue weighted by Crippen LogP contribution is 2.27. The predicted molar refractivity (Wildman–Crippen MR) is 80.5 cm³/mol. The number of fused-ring (bicyclic) bond motifs is 1. The number of hydrogen-bond acceptors (Lipinski definition) is 8. The number of aliphatic hydroxyl groups excluding tert-OH is 1. The van der Waals surface area contributed by atoms with Crippen LogP contribution >= 0.6 is 0 Å². The molecule has 0 aliphatic carbocycles. The van der Waals surface area contributed by atoms with E-state index >= 15 is 0 Å². The van der Waals surface area contributed by atoms with Gasteiger partial charge in [0.25, 0.3) is 0 Å². The largest absolute Gasteiger partial charge is 0.390 e. The first-order valence-electron chi connectivity index (χ1n) is 7.44. The summed E-state index contributed by atoms with van der Waals surface area (Å²) in [7, 11) is 0. The average Bonchev–Trinajstić information content (AvgIpc) is 3.13. The minimum absolute atomic E-state index is 0.0815. The minimum atomic E-state index is -0.424. The van der Waals surface area contributed by atoms with Gasteiger partial charge in [-0.25, -0.2) is 4.98 Å². The number of imidazole rings is 1. The topological polar surface area (TPSA) is 116 Å². The highest BCUT2D eigenvalue weighted by molar-refractivity contribution is 5.84. The van der Waals surface area contributed by atoms with Gasteiger partial charge in [-0.1, -0.05) is 0 Å². The fourth-order valence-electron chi connectivity index (χ4n) is 3.27. The van der Waals surface area contributed by atoms with Crippen LogP contribution in [0.4, 0.5) is 11.8 Å². The third kappa shape index (κ3) is 2.27. The molecule has 4 rings (SSSR count). The zero-order valence-corrected chi connectivity index (χ0v) is 12.1. The van der Waals surface area contributed by atoms with Crippen molar-refractivity contribution in [1.82, 2.24) is 24.8 Å². The Morgan fingerprint density at radius 2 is 2.09 bits per heavy atom. The predicted octanol–water partition coefficient (Wildman–Crippen LogP) is -1.18. The van der Waals surface area contributed by atoms with Crippen LogP contribution in [0.25, 0.3) is 11.2 Å². The van der Waals surface area contributed by atoms with Crippen LogP contribution < -0.4 is 10.6 Å². The van der Waals surface area contributed by atoms with Gasteiger partial charge in [0.05, 0.1) is 31.7 Å². The third-order valence-corrected chi connectivity index (χ3v) is 4.36. The summed E-state index contributed by atoms with van der Waals surface area (Å²) in [5.74, 6) is 0.897. The Kier molecular flexibility index (Phi) is 3.32. The van der Waals surface area contributed by atoms with Crippen LogP contribution in [-0.2, 0) is 4.74 Å². The summed E-state index contributed by atoms with van der Waals surface area (Å²) in [4.78, 5) is 20.0. The Labute approximate surface area is 127 Å². The molecule has 2 saturated heterocycles. The van der Waals surface area contributed by atoms with Gasteiger partial charge in [-0.2, -0.15) is 9.97 Å². The molecule has 0 radical (unpaired) electrons. The molecule has 0 bridgehead atoms. The Balaban J connectivity index is 1.61. The fourth-order valence-corrected chi connectivity index (χ4v) is 3.27. The molecule has 2 atom stereocenters. The maximum atomic E-state index is 10.4. The van der Waals surface area contributed by atoms with Crippen molar-refractivity contribution in [3.05, 3.63) is 6.33 Å². The Morgan fingerprint density at radius 1 is 1.27 bits per heavy atom. The molecule has 9 nitrogen and oxygen atoms in total. The van der Waals surface area contributed by atoms with Crippen LogP contribution in [0.3, 0.4) is 0 Å². The van der Waals surface area contributed by atoms with Crippen molar-refractivity contribution < 1.29 is 9.84 Å². The molecule has 0 aromatic carbocycles. The molecule has 118 valence electrons. The average molecular weight is 305 g/mol. The molecule has 4 heterocycles. The lowest BCUT2D eigenvalue weighted by Crippen LogP contribution is -2.48. The van der Waals surface area contributed by atoms with E-state index in [1.54, 1.807) is 6.33 Å². The van der Waals surface area contributed by atoms with Gasteiger partial charge in [0.15, 0.2) is 11.5 Å². The molecule has 0 unspecified atom stereocenters. The number of β-amino-alcohol motifs (C(OH)–C–C–N with tert-alkyl or cyclic N) is 1. The molecule has 0 saturated carbocycles. The number of aliphatic hydroxyl groups is 1. The lowest BCUT2D eigenvalue weighted by Gasteiger charge is -2.33. The third-order valence-electron chi connectivity index (χ3n) is 4.36. The lowest BCUT2D eigenvalue weighted by molar-refractivity contribution is -0.00588. The van der Waals surface area contributed by atoms with Crippen LogP contribution in [0, 0.1) is 0 Å². The van der Waals surface area contributed by atoms with Crippen molar-refractivity contribution in [2.45, 2.75) is 12.1 Å². The van der Waals surface area contributed by atoms with Gasteiger partial charge in [-0.3, -0.25) is 4.90 Å². The van der Waals surface area contributed by atoms with E-state index in [1.165, 1.54) is 0 Å². The molecule has 2 aromatic rings. The van der Waals surface area contributed by atoms with E-state index < -0.39 is 6.10 Å². The van der Waals surface area contributed by atoms with Gasteiger partial charge in [-0.15, -0.1) is 0 Å². The van der Waals surface area contributed by atoms with Crippen LogP contribution in [0.15, 0.2) is 6.33 Å². The second-order valence-electron chi connectivity index (χ2n) is 5.69. The molecule has 2 aliphatic heterocycles. The second kappa shape index (κ2) is 5.34. The van der Waals surface area contributed by atoms with Crippen molar-refractivity contribution in [3.8, 4) is 0 Å². The second-order valence-corrected chi connectivity index (χ2v) is 5.69. The number of nitrogens with two attached hydrogens (primary N) is 1. The molecular formula is C13H19N7O2. The highest BCUT2D eigenvalue weighted by atomic mass is 16.5. The van der Waals surface area contributed by atoms with Crippen LogP contribution in [-0.4, -0.2) is 81.5 Å². The van der Waals surface area contributed by atoms with Crippen LogP contribution in [0.1, 0.15) is 0 Å². The minimum Gasteiger partial charge on any atom is -0.390 e. The van der Waals surface area contributed by atoms with E-state index in [0.29, 0.717) is 37.8 Å². The Hall–Kier alpha value is -1.97. The van der Waals surface area contributed by atoms with Crippen molar-refractivity contribution in [2.24, 2.45) is 0 Å². The molecule has 2 aromatic heterocycles. The van der Waals surface area contributed by atoms with Crippen molar-refractivity contribution in [3.63, 3.8) is 0 Å². The summed E-state index contributed by atoms with van der Waals surface area (Å²) < 4.78 is 5.38. The molecule has 9 heteroatoms. The normalized spacial score (nSPS) is 26.9. The highest BCUT2D eigenvalue weighted by Gasteiger charge is 2.37. The summed E-state index contributed by atoms with van der Waals surface area (Å²) in [6.45, 7) is 4.35. The zero-order chi connectivity index (χ0) is 15.1. The van der Waals surface area contributed by atoms with Gasteiger partial charge in [-0.05, 0) is 0 Å². The van der Waals surface area contributed by atoms with E-state index in [-0.39, 0.29) is 12.0 Å². The summed E-state index contributed by atoms with van der Waals surface area (Å²) >= 11 is 0. The summed E-state index contributed by atoms with van der Waals surface area (Å²) in [5, 5.41) is 10.4. The van der Waals surface area contributed by atoms with E-state index in [1.807, 2.05) is 4.90 Å². The van der Waals surface area contributed by atoms with Gasteiger partial charge in [0.1, 0.15) is 5.52 Å². The van der Waals surface area contributed by atoms with Crippen LogP contribution in [0.5, 0.6) is 0 Å². The maximum absolute atomic E-state index is 10.4. The number of H-pyrrole nitrogens is 1. The molecular weight excluding hydrogens is 286 g/mol.